The molecule has 0 aromatic rings. The fraction of sp³-hybridized carbons (Fsp3) is 0.786. The number of Topliss-reactive ketones (excluding diaryl/α,β-unsaturated/α-hetero) is 1. The van der Waals surface area contributed by atoms with Crippen LogP contribution < -0.4 is 0 Å². The van der Waals surface area contributed by atoms with E-state index in [-0.39, 0.29) is 38.7 Å². The highest BCUT2D eigenvalue weighted by Gasteiger charge is 2.93. The Bertz CT molecular complexity index is 1330. The Balaban J connectivity index is 1.43. The van der Waals surface area contributed by atoms with Crippen LogP contribution in [0.4, 0.5) is 0 Å². The number of aliphatic hydroxyl groups is 3. The van der Waals surface area contributed by atoms with Gasteiger partial charge in [-0.15, -0.1) is 0 Å². The molecule has 7 fully saturated rings. The molecule has 2 saturated carbocycles. The number of rotatable bonds is 0. The van der Waals surface area contributed by atoms with E-state index in [1.54, 1.807) is 20.8 Å². The lowest BCUT2D eigenvalue weighted by atomic mass is 9.46. The van der Waals surface area contributed by atoms with Crippen LogP contribution in [-0.4, -0.2) is 85.8 Å². The molecular formula is C28H32O11. The van der Waals surface area contributed by atoms with Gasteiger partial charge in [0.05, 0.1) is 30.0 Å². The standard InChI is InChI=1S/C28H32O11/c1-22-10-17-24(3)28-18(22)19(31)27(39-28,36-11-14(22)20(32)37-17)13-9-16(30)25(34)7-4-5-15(29)23(25,2)12(13)6-8-26(28,35)21(33)38-24/h4-5,12-14,16-18,30,34-35H,6-11H2,1-3H3/t12-,13+,14-,16+,17+,18-,22?,23-,24-,25-,26+,27?,28?/m0/s1. The highest BCUT2D eigenvalue weighted by molar-refractivity contribution is 6.00. The van der Waals surface area contributed by atoms with Crippen molar-refractivity contribution in [1.29, 1.82) is 0 Å². The molecule has 0 amide bonds. The molecule has 3 N–H and O–H groups in total. The highest BCUT2D eigenvalue weighted by atomic mass is 16.8. The summed E-state index contributed by atoms with van der Waals surface area (Å²) in [6, 6.07) is 0. The topological polar surface area (TPSA) is 166 Å². The van der Waals surface area contributed by atoms with Crippen molar-refractivity contribution >= 4 is 23.5 Å². The number of hydrogen-bond acceptors (Lipinski definition) is 11. The quantitative estimate of drug-likeness (QED) is 0.344. The lowest BCUT2D eigenvalue weighted by Gasteiger charge is -2.64. The van der Waals surface area contributed by atoms with Gasteiger partial charge in [0.1, 0.15) is 11.7 Å². The van der Waals surface area contributed by atoms with Crippen molar-refractivity contribution in [2.24, 2.45) is 34.5 Å². The average Bonchev–Trinajstić information content (AvgIpc) is 3.19. The zero-order valence-corrected chi connectivity index (χ0v) is 22.0. The van der Waals surface area contributed by atoms with Gasteiger partial charge in [0, 0.05) is 5.92 Å². The van der Waals surface area contributed by atoms with Gasteiger partial charge in [0.2, 0.25) is 5.79 Å². The van der Waals surface area contributed by atoms with Crippen LogP contribution in [0.1, 0.15) is 52.9 Å². The van der Waals surface area contributed by atoms with E-state index in [0.29, 0.717) is 0 Å². The summed E-state index contributed by atoms with van der Waals surface area (Å²) in [5, 5.41) is 35.6. The van der Waals surface area contributed by atoms with Crippen LogP contribution in [-0.2, 0) is 38.1 Å². The molecule has 5 saturated heterocycles. The van der Waals surface area contributed by atoms with E-state index in [0.717, 1.165) is 0 Å². The third kappa shape index (κ3) is 2.10. The van der Waals surface area contributed by atoms with Crippen LogP contribution >= 0.6 is 0 Å². The first-order valence-corrected chi connectivity index (χ1v) is 13.8. The molecule has 5 aliphatic heterocycles. The molecule has 13 atom stereocenters. The van der Waals surface area contributed by atoms with Crippen molar-refractivity contribution in [2.45, 2.75) is 93.3 Å². The second kappa shape index (κ2) is 6.49. The normalized spacial score (nSPS) is 62.0. The third-order valence-electron chi connectivity index (χ3n) is 12.7. The molecule has 210 valence electrons. The fourth-order valence-electron chi connectivity index (χ4n) is 10.6. The van der Waals surface area contributed by atoms with Crippen LogP contribution in [0, 0.1) is 34.5 Å². The molecule has 39 heavy (non-hydrogen) atoms. The van der Waals surface area contributed by atoms with Crippen molar-refractivity contribution in [3.8, 4) is 0 Å². The minimum atomic E-state index is -2.32. The SMILES string of the molecule is CC12C[C@H]3OC(=O)[C@@H]1COC14OC5([C@H]2C1=O)[C@@](O)(CC[C@H]1[C@H]4C[C@@H](O)[C@@]2(O)CC=CC(=O)[C@]12C)C(=O)O[C@@]35C. The predicted molar refractivity (Wildman–Crippen MR) is 125 cm³/mol. The summed E-state index contributed by atoms with van der Waals surface area (Å²) in [4.78, 5) is 55.5. The van der Waals surface area contributed by atoms with Crippen LogP contribution in [0.15, 0.2) is 12.2 Å². The summed E-state index contributed by atoms with van der Waals surface area (Å²) < 4.78 is 24.9. The zero-order valence-electron chi connectivity index (χ0n) is 22.0. The maximum absolute atomic E-state index is 14.9. The van der Waals surface area contributed by atoms with Gasteiger partial charge < -0.3 is 34.3 Å². The number of fused-ring (bicyclic) bond motifs is 5. The van der Waals surface area contributed by atoms with Gasteiger partial charge in [0.25, 0.3) is 0 Å². The highest BCUT2D eigenvalue weighted by Crippen LogP contribution is 2.75. The Hall–Kier alpha value is -2.18. The van der Waals surface area contributed by atoms with Crippen molar-refractivity contribution in [2.75, 3.05) is 6.61 Å². The van der Waals surface area contributed by atoms with E-state index >= 15 is 0 Å². The van der Waals surface area contributed by atoms with Crippen molar-refractivity contribution < 1.29 is 53.4 Å². The summed E-state index contributed by atoms with van der Waals surface area (Å²) >= 11 is 0. The molecule has 5 heterocycles. The summed E-state index contributed by atoms with van der Waals surface area (Å²) in [7, 11) is 0. The summed E-state index contributed by atoms with van der Waals surface area (Å²) in [6.07, 6.45) is 0.491. The zero-order chi connectivity index (χ0) is 27.8. The van der Waals surface area contributed by atoms with Gasteiger partial charge in [0.15, 0.2) is 28.4 Å². The number of carbonyl (C=O) groups is 4. The second-order valence-electron chi connectivity index (χ2n) is 13.8. The van der Waals surface area contributed by atoms with E-state index < -0.39 is 98.4 Å². The Morgan fingerprint density at radius 2 is 1.79 bits per heavy atom. The Morgan fingerprint density at radius 3 is 2.54 bits per heavy atom. The van der Waals surface area contributed by atoms with Gasteiger partial charge in [-0.2, -0.15) is 0 Å². The van der Waals surface area contributed by atoms with E-state index in [9.17, 15) is 34.5 Å². The van der Waals surface area contributed by atoms with Crippen LogP contribution in [0.3, 0.4) is 0 Å². The first kappa shape index (κ1) is 24.6. The maximum atomic E-state index is 14.9. The van der Waals surface area contributed by atoms with E-state index in [1.807, 2.05) is 0 Å². The van der Waals surface area contributed by atoms with Crippen molar-refractivity contribution in [1.82, 2.24) is 0 Å². The number of aliphatic hydroxyl groups excluding tert-OH is 1. The third-order valence-corrected chi connectivity index (χ3v) is 12.7. The molecule has 0 aromatic heterocycles. The lowest BCUT2D eigenvalue weighted by Crippen LogP contribution is -2.79. The van der Waals surface area contributed by atoms with E-state index in [4.69, 9.17) is 18.9 Å². The van der Waals surface area contributed by atoms with Gasteiger partial charge in [-0.3, -0.25) is 14.4 Å². The Kier molecular flexibility index (Phi) is 4.09. The summed E-state index contributed by atoms with van der Waals surface area (Å²) in [5.74, 6) is -8.35. The number of ether oxygens (including phenoxy) is 4. The van der Waals surface area contributed by atoms with Crippen LogP contribution in [0.25, 0.3) is 0 Å². The molecule has 5 bridgehead atoms. The molecule has 0 aromatic carbocycles. The molecule has 8 aliphatic rings. The van der Waals surface area contributed by atoms with Gasteiger partial charge >= 0.3 is 11.9 Å². The van der Waals surface area contributed by atoms with Gasteiger partial charge in [-0.05, 0) is 63.4 Å². The summed E-state index contributed by atoms with van der Waals surface area (Å²) in [5.41, 5.74) is -10.4. The monoisotopic (exact) mass is 544 g/mol. The van der Waals surface area contributed by atoms with Crippen molar-refractivity contribution in [3.05, 3.63) is 12.2 Å². The maximum Gasteiger partial charge on any atom is 0.342 e. The van der Waals surface area contributed by atoms with Gasteiger partial charge in [-0.25, -0.2) is 4.79 Å². The number of allylic oxidation sites excluding steroid dienone is 1. The molecule has 3 unspecified atom stereocenters. The lowest BCUT2D eigenvalue weighted by molar-refractivity contribution is -0.382. The first-order valence-electron chi connectivity index (χ1n) is 13.8. The fourth-order valence-corrected chi connectivity index (χ4v) is 10.6. The van der Waals surface area contributed by atoms with Crippen molar-refractivity contribution in [3.63, 3.8) is 0 Å². The number of hydrogen-bond donors (Lipinski definition) is 3. The van der Waals surface area contributed by atoms with Crippen LogP contribution in [0.5, 0.6) is 0 Å². The number of esters is 2. The minimum Gasteiger partial charge on any atom is -0.458 e. The first-order chi connectivity index (χ1) is 18.2. The summed E-state index contributed by atoms with van der Waals surface area (Å²) in [6.45, 7) is 4.69. The van der Waals surface area contributed by atoms with E-state index in [1.165, 1.54) is 12.2 Å². The number of carbonyl (C=O) groups excluding carboxylic acids is 4. The molecular weight excluding hydrogens is 512 g/mol. The van der Waals surface area contributed by atoms with Crippen LogP contribution in [0.2, 0.25) is 0 Å². The molecule has 11 nitrogen and oxygen atoms in total. The molecule has 8 rings (SSSR count). The Labute approximate surface area is 223 Å². The molecule has 3 aliphatic carbocycles. The average molecular weight is 545 g/mol. The molecule has 0 radical (unpaired) electrons. The van der Waals surface area contributed by atoms with E-state index in [2.05, 4.69) is 0 Å². The minimum absolute atomic E-state index is 0.0207. The smallest absolute Gasteiger partial charge is 0.342 e. The second-order valence-corrected chi connectivity index (χ2v) is 13.8. The van der Waals surface area contributed by atoms with Gasteiger partial charge in [-0.1, -0.05) is 13.0 Å². The largest absolute Gasteiger partial charge is 0.458 e. The number of ketones is 2. The molecule has 2 spiro atoms. The Morgan fingerprint density at radius 1 is 1.05 bits per heavy atom. The predicted octanol–water partition coefficient (Wildman–Crippen LogP) is -0.277. The molecule has 11 heteroatoms.